The Hall–Kier alpha value is -1.37. The Labute approximate surface area is 119 Å². The van der Waals surface area contributed by atoms with Gasteiger partial charge in [0.25, 0.3) is 0 Å². The monoisotopic (exact) mass is 296 g/mol. The van der Waals surface area contributed by atoms with E-state index in [0.29, 0.717) is 24.0 Å². The normalized spacial score (nSPS) is 28.5. The molecule has 1 aliphatic carbocycles. The molecule has 3 N–H and O–H groups in total. The van der Waals surface area contributed by atoms with Crippen LogP contribution in [0.1, 0.15) is 43.5 Å². The van der Waals surface area contributed by atoms with Gasteiger partial charge in [-0.2, -0.15) is 0 Å². The number of anilines is 2. The number of nitrogens with zero attached hydrogens (tertiary/aromatic N) is 2. The fraction of sp³-hybridized carbons (Fsp3) is 0.692. The first-order valence-corrected chi connectivity index (χ1v) is 8.73. The second-order valence-electron chi connectivity index (χ2n) is 6.24. The molecule has 110 valence electrons. The van der Waals surface area contributed by atoms with Gasteiger partial charge in [-0.15, -0.1) is 0 Å². The molecule has 1 unspecified atom stereocenters. The summed E-state index contributed by atoms with van der Waals surface area (Å²) in [7, 11) is -2.95. The second-order valence-corrected chi connectivity index (χ2v) is 8.43. The summed E-state index contributed by atoms with van der Waals surface area (Å²) in [6.07, 6.45) is 2.80. The molecule has 2 heterocycles. The van der Waals surface area contributed by atoms with Crippen LogP contribution in [0.15, 0.2) is 0 Å². The third kappa shape index (κ3) is 2.59. The molecule has 1 saturated carbocycles. The van der Waals surface area contributed by atoms with Gasteiger partial charge in [0.2, 0.25) is 0 Å². The molecule has 1 atom stereocenters. The first kappa shape index (κ1) is 13.6. The van der Waals surface area contributed by atoms with Gasteiger partial charge in [-0.25, -0.2) is 18.4 Å². The zero-order chi connectivity index (χ0) is 14.5. The highest BCUT2D eigenvalue weighted by Gasteiger charge is 2.39. The smallest absolute Gasteiger partial charge is 0.152 e. The van der Waals surface area contributed by atoms with Crippen LogP contribution < -0.4 is 11.1 Å². The maximum atomic E-state index is 11.7. The third-order valence-corrected chi connectivity index (χ3v) is 5.97. The standard InChI is InChI=1S/C13H20N4O2S/c1-8-10(14)15-12(9-3-4-9)16-11(8)17-13(2)5-6-20(18,19)7-13/h9H,3-7H2,1-2H3,(H3,14,15,16,17). The van der Waals surface area contributed by atoms with Crippen LogP contribution in [0, 0.1) is 6.92 Å². The summed E-state index contributed by atoms with van der Waals surface area (Å²) in [5.41, 5.74) is 6.27. The summed E-state index contributed by atoms with van der Waals surface area (Å²) in [4.78, 5) is 8.88. The number of hydrogen-bond acceptors (Lipinski definition) is 6. The fourth-order valence-electron chi connectivity index (χ4n) is 2.59. The summed E-state index contributed by atoms with van der Waals surface area (Å²) in [6, 6.07) is 0. The first-order chi connectivity index (χ1) is 9.28. The molecule has 20 heavy (non-hydrogen) atoms. The van der Waals surface area contributed by atoms with Gasteiger partial charge in [0.15, 0.2) is 9.84 Å². The fourth-order valence-corrected chi connectivity index (χ4v) is 4.69. The summed E-state index contributed by atoms with van der Waals surface area (Å²) >= 11 is 0. The van der Waals surface area contributed by atoms with Crippen molar-refractivity contribution in [3.05, 3.63) is 11.4 Å². The van der Waals surface area contributed by atoms with Crippen LogP contribution in [0.25, 0.3) is 0 Å². The lowest BCUT2D eigenvalue weighted by molar-refractivity contribution is 0.570. The van der Waals surface area contributed by atoms with Crippen LogP contribution in [-0.4, -0.2) is 35.4 Å². The molecule has 2 aliphatic rings. The first-order valence-electron chi connectivity index (χ1n) is 6.91. The zero-order valence-electron chi connectivity index (χ0n) is 11.8. The highest BCUT2D eigenvalue weighted by molar-refractivity contribution is 7.91. The molecule has 1 saturated heterocycles. The van der Waals surface area contributed by atoms with Crippen molar-refractivity contribution in [1.82, 2.24) is 9.97 Å². The van der Waals surface area contributed by atoms with E-state index < -0.39 is 15.4 Å². The van der Waals surface area contributed by atoms with Gasteiger partial charge in [-0.05, 0) is 33.1 Å². The van der Waals surface area contributed by atoms with Crippen LogP contribution in [0.3, 0.4) is 0 Å². The topological polar surface area (TPSA) is 98.0 Å². The average Bonchev–Trinajstić information content (AvgIpc) is 3.12. The molecule has 2 fully saturated rings. The van der Waals surface area contributed by atoms with Gasteiger partial charge in [0, 0.05) is 11.5 Å². The summed E-state index contributed by atoms with van der Waals surface area (Å²) in [6.45, 7) is 3.78. The van der Waals surface area contributed by atoms with E-state index in [2.05, 4.69) is 15.3 Å². The SMILES string of the molecule is Cc1c(N)nc(C2CC2)nc1NC1(C)CCS(=O)(=O)C1. The van der Waals surface area contributed by atoms with Crippen molar-refractivity contribution in [2.24, 2.45) is 0 Å². The molecular formula is C13H20N4O2S. The van der Waals surface area contributed by atoms with Crippen molar-refractivity contribution in [1.29, 1.82) is 0 Å². The Morgan fingerprint density at radius 2 is 2.05 bits per heavy atom. The van der Waals surface area contributed by atoms with Gasteiger partial charge < -0.3 is 11.1 Å². The number of nitrogens with two attached hydrogens (primary N) is 1. The van der Waals surface area contributed by atoms with E-state index in [-0.39, 0.29) is 11.5 Å². The second kappa shape index (κ2) is 4.31. The van der Waals surface area contributed by atoms with Crippen molar-refractivity contribution >= 4 is 21.5 Å². The molecule has 0 radical (unpaired) electrons. The Morgan fingerprint density at radius 1 is 1.35 bits per heavy atom. The molecule has 6 nitrogen and oxygen atoms in total. The van der Waals surface area contributed by atoms with E-state index in [9.17, 15) is 8.42 Å². The molecule has 3 rings (SSSR count). The highest BCUT2D eigenvalue weighted by Crippen LogP contribution is 2.39. The minimum atomic E-state index is -2.95. The van der Waals surface area contributed by atoms with Crippen LogP contribution in [-0.2, 0) is 9.84 Å². The number of sulfone groups is 1. The van der Waals surface area contributed by atoms with E-state index in [1.807, 2.05) is 13.8 Å². The van der Waals surface area contributed by atoms with Gasteiger partial charge in [-0.1, -0.05) is 0 Å². The number of aromatic nitrogens is 2. The number of nitrogens with one attached hydrogen (secondary N) is 1. The maximum absolute atomic E-state index is 11.7. The van der Waals surface area contributed by atoms with E-state index in [1.165, 1.54) is 0 Å². The minimum absolute atomic E-state index is 0.141. The van der Waals surface area contributed by atoms with Crippen molar-refractivity contribution in [3.8, 4) is 0 Å². The zero-order valence-corrected chi connectivity index (χ0v) is 12.6. The Bertz CT molecular complexity index is 655. The molecule has 0 bridgehead atoms. The Morgan fingerprint density at radius 3 is 2.60 bits per heavy atom. The van der Waals surface area contributed by atoms with Gasteiger partial charge in [0.05, 0.1) is 17.0 Å². The molecule has 1 aromatic rings. The molecule has 0 aromatic carbocycles. The lowest BCUT2D eigenvalue weighted by atomic mass is 10.0. The number of rotatable bonds is 3. The molecule has 0 amide bonds. The van der Waals surface area contributed by atoms with E-state index in [4.69, 9.17) is 5.73 Å². The van der Waals surface area contributed by atoms with Crippen molar-refractivity contribution in [2.45, 2.75) is 44.6 Å². The average molecular weight is 296 g/mol. The largest absolute Gasteiger partial charge is 0.383 e. The lowest BCUT2D eigenvalue weighted by Gasteiger charge is -2.26. The Balaban J connectivity index is 1.90. The molecule has 1 aliphatic heterocycles. The molecule has 7 heteroatoms. The molecule has 1 aromatic heterocycles. The van der Waals surface area contributed by atoms with E-state index >= 15 is 0 Å². The molecular weight excluding hydrogens is 276 g/mol. The minimum Gasteiger partial charge on any atom is -0.383 e. The predicted octanol–water partition coefficient (Wildman–Crippen LogP) is 1.23. The van der Waals surface area contributed by atoms with Gasteiger partial charge in [-0.3, -0.25) is 0 Å². The van der Waals surface area contributed by atoms with E-state index in [0.717, 1.165) is 24.2 Å². The number of hydrogen-bond donors (Lipinski definition) is 2. The number of nitrogen functional groups attached to an aromatic ring is 1. The van der Waals surface area contributed by atoms with Gasteiger partial charge in [0.1, 0.15) is 17.5 Å². The van der Waals surface area contributed by atoms with Crippen molar-refractivity contribution < 1.29 is 8.42 Å². The maximum Gasteiger partial charge on any atom is 0.152 e. The van der Waals surface area contributed by atoms with Crippen LogP contribution >= 0.6 is 0 Å². The van der Waals surface area contributed by atoms with Crippen LogP contribution in [0.4, 0.5) is 11.6 Å². The summed E-state index contributed by atoms with van der Waals surface area (Å²) < 4.78 is 23.4. The van der Waals surface area contributed by atoms with Crippen molar-refractivity contribution in [2.75, 3.05) is 22.6 Å². The van der Waals surface area contributed by atoms with Crippen LogP contribution in [0.2, 0.25) is 0 Å². The predicted molar refractivity (Wildman–Crippen MR) is 78.5 cm³/mol. The van der Waals surface area contributed by atoms with Gasteiger partial charge >= 0.3 is 0 Å². The third-order valence-electron chi connectivity index (χ3n) is 4.07. The summed E-state index contributed by atoms with van der Waals surface area (Å²) in [5.74, 6) is 2.72. The van der Waals surface area contributed by atoms with Crippen molar-refractivity contribution in [3.63, 3.8) is 0 Å². The highest BCUT2D eigenvalue weighted by atomic mass is 32.2. The van der Waals surface area contributed by atoms with E-state index in [1.54, 1.807) is 0 Å². The van der Waals surface area contributed by atoms with Crippen LogP contribution in [0.5, 0.6) is 0 Å². The quantitative estimate of drug-likeness (QED) is 0.870. The lowest BCUT2D eigenvalue weighted by Crippen LogP contribution is -2.36. The Kier molecular flexibility index (Phi) is 2.93. The molecule has 0 spiro atoms. The summed E-state index contributed by atoms with van der Waals surface area (Å²) in [5, 5.41) is 3.29.